The van der Waals surface area contributed by atoms with Crippen LogP contribution in [0.4, 0.5) is 0 Å². The predicted octanol–water partition coefficient (Wildman–Crippen LogP) is 3.90. The summed E-state index contributed by atoms with van der Waals surface area (Å²) in [5.41, 5.74) is 1.01. The maximum absolute atomic E-state index is 5.68. The molecule has 0 amide bonds. The van der Waals surface area contributed by atoms with Crippen LogP contribution in [0.1, 0.15) is 45.6 Å². The zero-order valence-electron chi connectivity index (χ0n) is 19.8. The summed E-state index contributed by atoms with van der Waals surface area (Å²) in [6.45, 7) is 12.8. The minimum atomic E-state index is 0. The van der Waals surface area contributed by atoms with Crippen molar-refractivity contribution in [2.24, 2.45) is 10.9 Å². The van der Waals surface area contributed by atoms with Gasteiger partial charge in [0.25, 0.3) is 0 Å². The fraction of sp³-hybridized carbons (Fsp3) is 0.696. The first-order valence-electron chi connectivity index (χ1n) is 11.2. The molecule has 0 bridgehead atoms. The SMILES string of the molecule is CCNC(=NCc1cc(OC)c(OCC)c(OC)c1)NCCCN1CCC(C)CC1.I. The number of rotatable bonds is 11. The minimum Gasteiger partial charge on any atom is -0.493 e. The van der Waals surface area contributed by atoms with Crippen molar-refractivity contribution >= 4 is 29.9 Å². The third kappa shape index (κ3) is 9.31. The van der Waals surface area contributed by atoms with Gasteiger partial charge in [0.1, 0.15) is 0 Å². The van der Waals surface area contributed by atoms with Gasteiger partial charge in [-0.2, -0.15) is 0 Å². The van der Waals surface area contributed by atoms with E-state index in [0.29, 0.717) is 30.4 Å². The molecule has 1 aliphatic heterocycles. The van der Waals surface area contributed by atoms with E-state index < -0.39 is 0 Å². The first-order valence-corrected chi connectivity index (χ1v) is 11.2. The number of nitrogens with one attached hydrogen (secondary N) is 2. The number of benzene rings is 1. The molecule has 0 unspecified atom stereocenters. The van der Waals surface area contributed by atoms with E-state index >= 15 is 0 Å². The molecule has 178 valence electrons. The highest BCUT2D eigenvalue weighted by atomic mass is 127. The lowest BCUT2D eigenvalue weighted by Crippen LogP contribution is -2.39. The molecule has 0 radical (unpaired) electrons. The standard InChI is InChI=1S/C23H40N4O3.HI/c1-6-24-23(25-11-8-12-27-13-9-18(3)10-14-27)26-17-19-15-20(28-4)22(30-7-2)21(16-19)29-5;/h15-16,18H,6-14,17H2,1-5H3,(H2,24,25,26);1H. The van der Waals surface area contributed by atoms with Crippen LogP contribution in [0.3, 0.4) is 0 Å². The Bertz CT molecular complexity index is 639. The Morgan fingerprint density at radius 2 is 1.74 bits per heavy atom. The Hall–Kier alpha value is -1.42. The first-order chi connectivity index (χ1) is 14.6. The van der Waals surface area contributed by atoms with Crippen molar-refractivity contribution in [3.05, 3.63) is 17.7 Å². The zero-order valence-corrected chi connectivity index (χ0v) is 22.2. The molecule has 1 fully saturated rings. The second-order valence-electron chi connectivity index (χ2n) is 7.76. The molecule has 1 aliphatic rings. The van der Waals surface area contributed by atoms with Crippen molar-refractivity contribution < 1.29 is 14.2 Å². The Kier molecular flexibility index (Phi) is 13.7. The van der Waals surface area contributed by atoms with Gasteiger partial charge in [-0.1, -0.05) is 6.92 Å². The van der Waals surface area contributed by atoms with Crippen LogP contribution in [0.25, 0.3) is 0 Å². The summed E-state index contributed by atoms with van der Waals surface area (Å²) in [6.07, 6.45) is 3.77. The van der Waals surface area contributed by atoms with Crippen molar-refractivity contribution in [2.75, 3.05) is 53.6 Å². The number of guanidine groups is 1. The number of nitrogens with zero attached hydrogens (tertiary/aromatic N) is 2. The highest BCUT2D eigenvalue weighted by molar-refractivity contribution is 14.0. The van der Waals surface area contributed by atoms with Crippen molar-refractivity contribution in [1.82, 2.24) is 15.5 Å². The van der Waals surface area contributed by atoms with Gasteiger partial charge in [-0.25, -0.2) is 4.99 Å². The molecule has 0 aliphatic carbocycles. The smallest absolute Gasteiger partial charge is 0.203 e. The number of ether oxygens (including phenoxy) is 3. The molecule has 0 atom stereocenters. The third-order valence-electron chi connectivity index (χ3n) is 5.39. The highest BCUT2D eigenvalue weighted by Crippen LogP contribution is 2.38. The van der Waals surface area contributed by atoms with Gasteiger partial charge in [-0.3, -0.25) is 0 Å². The van der Waals surface area contributed by atoms with Gasteiger partial charge >= 0.3 is 0 Å². The third-order valence-corrected chi connectivity index (χ3v) is 5.39. The van der Waals surface area contributed by atoms with Gasteiger partial charge < -0.3 is 29.7 Å². The zero-order chi connectivity index (χ0) is 21.8. The highest BCUT2D eigenvalue weighted by Gasteiger charge is 2.15. The number of hydrogen-bond acceptors (Lipinski definition) is 5. The fourth-order valence-corrected chi connectivity index (χ4v) is 3.62. The molecule has 2 N–H and O–H groups in total. The van der Waals surface area contributed by atoms with Gasteiger partial charge in [-0.05, 0) is 76.4 Å². The van der Waals surface area contributed by atoms with Crippen LogP contribution in [0.5, 0.6) is 17.2 Å². The Morgan fingerprint density at radius 1 is 1.10 bits per heavy atom. The summed E-state index contributed by atoms with van der Waals surface area (Å²) in [5.74, 6) is 3.67. The normalized spacial score (nSPS) is 15.2. The van der Waals surface area contributed by atoms with Gasteiger partial charge in [0.15, 0.2) is 17.5 Å². The lowest BCUT2D eigenvalue weighted by Gasteiger charge is -2.30. The van der Waals surface area contributed by atoms with Crippen molar-refractivity contribution in [3.8, 4) is 17.2 Å². The molecular formula is C23H41IN4O3. The molecule has 1 heterocycles. The number of methoxy groups -OCH3 is 2. The summed E-state index contributed by atoms with van der Waals surface area (Å²) >= 11 is 0. The Balaban J connectivity index is 0.00000480. The predicted molar refractivity (Wildman–Crippen MR) is 138 cm³/mol. The van der Waals surface area contributed by atoms with Gasteiger partial charge in [0, 0.05) is 13.1 Å². The van der Waals surface area contributed by atoms with Crippen LogP contribution in [0.15, 0.2) is 17.1 Å². The molecule has 7 nitrogen and oxygen atoms in total. The molecule has 31 heavy (non-hydrogen) atoms. The number of halogens is 1. The Morgan fingerprint density at radius 3 is 2.29 bits per heavy atom. The van der Waals surface area contributed by atoms with Crippen LogP contribution in [0.2, 0.25) is 0 Å². The molecular weight excluding hydrogens is 507 g/mol. The average Bonchev–Trinajstić information content (AvgIpc) is 2.76. The van der Waals surface area contributed by atoms with Crippen LogP contribution in [-0.2, 0) is 6.54 Å². The van der Waals surface area contributed by atoms with E-state index in [9.17, 15) is 0 Å². The lowest BCUT2D eigenvalue weighted by molar-refractivity contribution is 0.191. The number of likely N-dealkylation sites (tertiary alicyclic amines) is 1. The molecule has 0 spiro atoms. The van der Waals surface area contributed by atoms with E-state index in [0.717, 1.165) is 43.5 Å². The lowest BCUT2D eigenvalue weighted by atomic mass is 9.99. The summed E-state index contributed by atoms with van der Waals surface area (Å²) < 4.78 is 16.7. The number of aliphatic imine (C=N–C) groups is 1. The minimum absolute atomic E-state index is 0. The second-order valence-corrected chi connectivity index (χ2v) is 7.76. The topological polar surface area (TPSA) is 67.4 Å². The van der Waals surface area contributed by atoms with Gasteiger partial charge in [-0.15, -0.1) is 24.0 Å². The molecule has 1 saturated heterocycles. The van der Waals surface area contributed by atoms with Gasteiger partial charge in [0.05, 0.1) is 27.4 Å². The largest absolute Gasteiger partial charge is 0.493 e. The average molecular weight is 549 g/mol. The van der Waals surface area contributed by atoms with Crippen LogP contribution in [0, 0.1) is 5.92 Å². The van der Waals surface area contributed by atoms with E-state index in [-0.39, 0.29) is 24.0 Å². The second kappa shape index (κ2) is 15.4. The van der Waals surface area contributed by atoms with Crippen molar-refractivity contribution in [1.29, 1.82) is 0 Å². The number of hydrogen-bond donors (Lipinski definition) is 2. The van der Waals surface area contributed by atoms with Gasteiger partial charge in [0.2, 0.25) is 5.75 Å². The van der Waals surface area contributed by atoms with Crippen LogP contribution >= 0.6 is 24.0 Å². The monoisotopic (exact) mass is 548 g/mol. The van der Waals surface area contributed by atoms with Crippen LogP contribution < -0.4 is 24.8 Å². The number of piperidine rings is 1. The van der Waals surface area contributed by atoms with Crippen molar-refractivity contribution in [3.63, 3.8) is 0 Å². The molecule has 0 aromatic heterocycles. The summed E-state index contributed by atoms with van der Waals surface area (Å²) in [5, 5.41) is 6.78. The fourth-order valence-electron chi connectivity index (χ4n) is 3.62. The van der Waals surface area contributed by atoms with E-state index in [1.807, 2.05) is 19.1 Å². The summed E-state index contributed by atoms with van der Waals surface area (Å²) in [4.78, 5) is 7.31. The van der Waals surface area contributed by atoms with Crippen molar-refractivity contribution in [2.45, 2.75) is 46.6 Å². The first kappa shape index (κ1) is 27.6. The van der Waals surface area contributed by atoms with E-state index in [1.165, 1.54) is 25.9 Å². The van der Waals surface area contributed by atoms with Crippen LogP contribution in [-0.4, -0.2) is 64.4 Å². The maximum Gasteiger partial charge on any atom is 0.203 e. The molecule has 8 heteroatoms. The summed E-state index contributed by atoms with van der Waals surface area (Å²) in [7, 11) is 3.28. The molecule has 2 rings (SSSR count). The molecule has 0 saturated carbocycles. The quantitative estimate of drug-likeness (QED) is 0.189. The van der Waals surface area contributed by atoms with E-state index in [1.54, 1.807) is 14.2 Å². The van der Waals surface area contributed by atoms with E-state index in [2.05, 4.69) is 29.4 Å². The maximum atomic E-state index is 5.68. The Labute approximate surface area is 205 Å². The van der Waals surface area contributed by atoms with E-state index in [4.69, 9.17) is 19.2 Å². The molecule has 1 aromatic carbocycles. The molecule has 1 aromatic rings. The summed E-state index contributed by atoms with van der Waals surface area (Å²) in [6, 6.07) is 3.91.